The van der Waals surface area contributed by atoms with E-state index in [4.69, 9.17) is 9.47 Å². The predicted octanol–water partition coefficient (Wildman–Crippen LogP) is 4.33. The van der Waals surface area contributed by atoms with Gasteiger partial charge < -0.3 is 14.4 Å². The summed E-state index contributed by atoms with van der Waals surface area (Å²) in [6, 6.07) is 19.6. The molecular weight excluding hydrogens is 346 g/mol. The molecule has 0 saturated carbocycles. The molecule has 3 aromatic rings. The number of hydrogen-bond donors (Lipinski definition) is 0. The minimum absolute atomic E-state index is 0.00121. The topological polar surface area (TPSA) is 38.8 Å². The fourth-order valence-electron chi connectivity index (χ4n) is 3.03. The highest BCUT2D eigenvalue weighted by Crippen LogP contribution is 2.32. The molecule has 26 heavy (non-hydrogen) atoms. The Balaban J connectivity index is 1.47. The zero-order valence-electron chi connectivity index (χ0n) is 14.4. The Kier molecular flexibility index (Phi) is 4.63. The second kappa shape index (κ2) is 7.22. The summed E-state index contributed by atoms with van der Waals surface area (Å²) in [7, 11) is 1.81. The minimum atomic E-state index is -0.181. The molecule has 0 aliphatic carbocycles. The summed E-state index contributed by atoms with van der Waals surface area (Å²) in [4.78, 5) is 15.4. The molecule has 4 nitrogen and oxygen atoms in total. The molecule has 4 rings (SSSR count). The normalized spacial score (nSPS) is 15.5. The maximum Gasteiger partial charge on any atom is 0.264 e. The van der Waals surface area contributed by atoms with Crippen LogP contribution in [-0.4, -0.2) is 37.1 Å². The lowest BCUT2D eigenvalue weighted by molar-refractivity contribution is 0.0524. The van der Waals surface area contributed by atoms with Gasteiger partial charge in [0, 0.05) is 12.6 Å². The van der Waals surface area contributed by atoms with Crippen LogP contribution in [0, 0.1) is 0 Å². The van der Waals surface area contributed by atoms with Crippen molar-refractivity contribution in [3.05, 3.63) is 70.9 Å². The molecule has 1 amide bonds. The van der Waals surface area contributed by atoms with Crippen LogP contribution in [0.15, 0.2) is 66.0 Å². The number of carbonyl (C=O) groups excluding carboxylic acids is 1. The Bertz CT molecular complexity index is 906. The van der Waals surface area contributed by atoms with Crippen molar-refractivity contribution in [3.8, 4) is 22.6 Å². The molecule has 1 atom stereocenters. The first-order valence-electron chi connectivity index (χ1n) is 8.49. The number of hydrogen-bond acceptors (Lipinski definition) is 4. The molecular formula is C21H19NO3S. The van der Waals surface area contributed by atoms with Crippen LogP contribution in [0.1, 0.15) is 9.67 Å². The van der Waals surface area contributed by atoms with Gasteiger partial charge in [0.15, 0.2) is 17.6 Å². The third-order valence-corrected chi connectivity index (χ3v) is 5.24. The van der Waals surface area contributed by atoms with Crippen LogP contribution in [0.4, 0.5) is 0 Å². The number of ether oxygens (including phenoxy) is 2. The van der Waals surface area contributed by atoms with E-state index in [9.17, 15) is 4.79 Å². The van der Waals surface area contributed by atoms with Crippen LogP contribution in [0.5, 0.6) is 11.5 Å². The van der Waals surface area contributed by atoms with E-state index in [1.807, 2.05) is 66.0 Å². The van der Waals surface area contributed by atoms with Gasteiger partial charge >= 0.3 is 0 Å². The molecule has 1 unspecified atom stereocenters. The summed E-state index contributed by atoms with van der Waals surface area (Å²) in [6.45, 7) is 0.907. The average molecular weight is 365 g/mol. The lowest BCUT2D eigenvalue weighted by atomic mass is 10.1. The number of likely N-dealkylation sites (N-methyl/N-ethyl adjacent to an activating group) is 1. The Morgan fingerprint density at radius 3 is 2.62 bits per heavy atom. The van der Waals surface area contributed by atoms with Gasteiger partial charge in [-0.2, -0.15) is 0 Å². The summed E-state index contributed by atoms with van der Waals surface area (Å²) in [5, 5.41) is 1.96. The highest BCUT2D eigenvalue weighted by molar-refractivity contribution is 7.12. The third-order valence-electron chi connectivity index (χ3n) is 4.34. The molecule has 5 heteroatoms. The second-order valence-electron chi connectivity index (χ2n) is 6.21. The van der Waals surface area contributed by atoms with Crippen molar-refractivity contribution in [3.63, 3.8) is 0 Å². The SMILES string of the molecule is CN(CC1COc2ccccc2O1)C(=O)c1sccc1-c1ccccc1. The first-order chi connectivity index (χ1) is 12.7. The molecule has 132 valence electrons. The molecule has 0 fully saturated rings. The first kappa shape index (κ1) is 16.7. The van der Waals surface area contributed by atoms with E-state index in [1.54, 1.807) is 11.9 Å². The van der Waals surface area contributed by atoms with Crippen LogP contribution in [0.2, 0.25) is 0 Å². The number of benzene rings is 2. The minimum Gasteiger partial charge on any atom is -0.486 e. The average Bonchev–Trinajstić information content (AvgIpc) is 3.17. The third kappa shape index (κ3) is 3.30. The fraction of sp³-hybridized carbons (Fsp3) is 0.190. The largest absolute Gasteiger partial charge is 0.486 e. The van der Waals surface area contributed by atoms with E-state index < -0.39 is 0 Å². The molecule has 0 saturated heterocycles. The number of fused-ring (bicyclic) bond motifs is 1. The van der Waals surface area contributed by atoms with Crippen LogP contribution >= 0.6 is 11.3 Å². The Morgan fingerprint density at radius 2 is 1.81 bits per heavy atom. The van der Waals surface area contributed by atoms with Gasteiger partial charge in [-0.05, 0) is 29.1 Å². The van der Waals surface area contributed by atoms with Crippen LogP contribution < -0.4 is 9.47 Å². The van der Waals surface area contributed by atoms with Crippen molar-refractivity contribution in [1.29, 1.82) is 0 Å². The predicted molar refractivity (Wildman–Crippen MR) is 103 cm³/mol. The smallest absolute Gasteiger partial charge is 0.264 e. The first-order valence-corrected chi connectivity index (χ1v) is 9.37. The summed E-state index contributed by atoms with van der Waals surface area (Å²) in [5.41, 5.74) is 2.02. The van der Waals surface area contributed by atoms with Crippen LogP contribution in [0.25, 0.3) is 11.1 Å². The molecule has 0 radical (unpaired) electrons. The zero-order chi connectivity index (χ0) is 17.9. The van der Waals surface area contributed by atoms with Crippen LogP contribution in [0.3, 0.4) is 0 Å². The van der Waals surface area contributed by atoms with E-state index in [0.717, 1.165) is 27.5 Å². The monoisotopic (exact) mass is 365 g/mol. The summed E-state index contributed by atoms with van der Waals surface area (Å²) >= 11 is 1.47. The van der Waals surface area contributed by atoms with Gasteiger partial charge in [0.2, 0.25) is 0 Å². The van der Waals surface area contributed by atoms with Gasteiger partial charge in [-0.3, -0.25) is 4.79 Å². The Morgan fingerprint density at radius 1 is 1.08 bits per heavy atom. The van der Waals surface area contributed by atoms with E-state index in [2.05, 4.69) is 0 Å². The Hall–Kier alpha value is -2.79. The standard InChI is InChI=1S/C21H19NO3S/c1-22(13-16-14-24-18-9-5-6-10-19(18)25-16)21(23)20-17(11-12-26-20)15-7-3-2-4-8-15/h2-12,16H,13-14H2,1H3. The summed E-state index contributed by atoms with van der Waals surface area (Å²) in [5.74, 6) is 1.48. The van der Waals surface area contributed by atoms with Crippen molar-refractivity contribution in [2.24, 2.45) is 0 Å². The van der Waals surface area contributed by atoms with Gasteiger partial charge in [0.1, 0.15) is 6.61 Å². The van der Waals surface area contributed by atoms with E-state index >= 15 is 0 Å². The van der Waals surface area contributed by atoms with Gasteiger partial charge in [-0.15, -0.1) is 11.3 Å². The molecule has 2 aromatic carbocycles. The number of carbonyl (C=O) groups is 1. The highest BCUT2D eigenvalue weighted by atomic mass is 32.1. The van der Waals surface area contributed by atoms with Crippen molar-refractivity contribution >= 4 is 17.2 Å². The lowest BCUT2D eigenvalue weighted by Crippen LogP contribution is -2.41. The Labute approximate surface area is 156 Å². The molecule has 1 aliphatic heterocycles. The van der Waals surface area contributed by atoms with Crippen molar-refractivity contribution in [2.75, 3.05) is 20.2 Å². The number of para-hydroxylation sites is 2. The molecule has 1 aromatic heterocycles. The van der Waals surface area contributed by atoms with Gasteiger partial charge in [0.25, 0.3) is 5.91 Å². The van der Waals surface area contributed by atoms with Gasteiger partial charge in [-0.25, -0.2) is 0 Å². The summed E-state index contributed by atoms with van der Waals surface area (Å²) in [6.07, 6.45) is -0.181. The number of nitrogens with zero attached hydrogens (tertiary/aromatic N) is 1. The van der Waals surface area contributed by atoms with E-state index in [1.165, 1.54) is 11.3 Å². The highest BCUT2D eigenvalue weighted by Gasteiger charge is 2.25. The van der Waals surface area contributed by atoms with Crippen molar-refractivity contribution in [1.82, 2.24) is 4.90 Å². The molecule has 1 aliphatic rings. The van der Waals surface area contributed by atoms with E-state index in [0.29, 0.717) is 13.2 Å². The van der Waals surface area contributed by atoms with Gasteiger partial charge in [-0.1, -0.05) is 42.5 Å². The number of amides is 1. The maximum absolute atomic E-state index is 13.0. The number of thiophene rings is 1. The van der Waals surface area contributed by atoms with Crippen LogP contribution in [-0.2, 0) is 0 Å². The van der Waals surface area contributed by atoms with E-state index in [-0.39, 0.29) is 12.0 Å². The molecule has 0 N–H and O–H groups in total. The molecule has 0 bridgehead atoms. The molecule has 0 spiro atoms. The lowest BCUT2D eigenvalue weighted by Gasteiger charge is -2.29. The summed E-state index contributed by atoms with van der Waals surface area (Å²) < 4.78 is 11.7. The second-order valence-corrected chi connectivity index (χ2v) is 7.13. The zero-order valence-corrected chi connectivity index (χ0v) is 15.2. The maximum atomic E-state index is 13.0. The fourth-order valence-corrected chi connectivity index (χ4v) is 3.94. The van der Waals surface area contributed by atoms with Crippen molar-refractivity contribution in [2.45, 2.75) is 6.10 Å². The number of rotatable bonds is 4. The molecule has 2 heterocycles. The van der Waals surface area contributed by atoms with Crippen molar-refractivity contribution < 1.29 is 14.3 Å². The van der Waals surface area contributed by atoms with Gasteiger partial charge in [0.05, 0.1) is 11.4 Å². The quantitative estimate of drug-likeness (QED) is 0.691.